The summed E-state index contributed by atoms with van der Waals surface area (Å²) in [6, 6.07) is 2.98. The van der Waals surface area contributed by atoms with Crippen LogP contribution in [0.3, 0.4) is 0 Å². The van der Waals surface area contributed by atoms with Crippen molar-refractivity contribution in [3.63, 3.8) is 0 Å². The standard InChI is InChI=1S/C12H16N2O4/c1-9-3-4-10(18-9)5-6-11(15)17-8-2-7-14-12(13)16/h3-6H,2,7-8H2,1H3,(H3,13,14,16)/b6-5+. The van der Waals surface area contributed by atoms with Gasteiger partial charge >= 0.3 is 12.0 Å². The van der Waals surface area contributed by atoms with E-state index in [9.17, 15) is 9.59 Å². The van der Waals surface area contributed by atoms with Crippen LogP contribution in [0.4, 0.5) is 4.79 Å². The van der Waals surface area contributed by atoms with E-state index < -0.39 is 12.0 Å². The highest BCUT2D eigenvalue weighted by Gasteiger charge is 1.99. The van der Waals surface area contributed by atoms with Crippen LogP contribution < -0.4 is 11.1 Å². The summed E-state index contributed by atoms with van der Waals surface area (Å²) in [5.41, 5.74) is 4.87. The molecule has 3 N–H and O–H groups in total. The topological polar surface area (TPSA) is 94.6 Å². The molecule has 0 aliphatic rings. The summed E-state index contributed by atoms with van der Waals surface area (Å²) in [5.74, 6) is 0.920. The number of carbonyl (C=O) groups excluding carboxylic acids is 2. The molecule has 2 amide bonds. The number of nitrogens with one attached hydrogen (secondary N) is 1. The highest BCUT2D eigenvalue weighted by molar-refractivity contribution is 5.86. The second-order valence-electron chi connectivity index (χ2n) is 3.59. The molecule has 0 radical (unpaired) electrons. The highest BCUT2D eigenvalue weighted by atomic mass is 16.5. The van der Waals surface area contributed by atoms with Gasteiger partial charge in [-0.15, -0.1) is 0 Å². The van der Waals surface area contributed by atoms with Gasteiger partial charge in [0, 0.05) is 12.6 Å². The van der Waals surface area contributed by atoms with E-state index in [0.717, 1.165) is 5.76 Å². The van der Waals surface area contributed by atoms with Gasteiger partial charge in [0.2, 0.25) is 0 Å². The lowest BCUT2D eigenvalue weighted by Gasteiger charge is -2.02. The molecule has 18 heavy (non-hydrogen) atoms. The number of primary amides is 1. The molecule has 0 unspecified atom stereocenters. The van der Waals surface area contributed by atoms with Crippen LogP contribution >= 0.6 is 0 Å². The average molecular weight is 252 g/mol. The highest BCUT2D eigenvalue weighted by Crippen LogP contribution is 2.07. The maximum absolute atomic E-state index is 11.3. The second-order valence-corrected chi connectivity index (χ2v) is 3.59. The van der Waals surface area contributed by atoms with Crippen LogP contribution in [0.5, 0.6) is 0 Å². The number of nitrogens with two attached hydrogens (primary N) is 1. The maximum Gasteiger partial charge on any atom is 0.330 e. The Kier molecular flexibility index (Phi) is 5.50. The Morgan fingerprint density at radius 1 is 1.50 bits per heavy atom. The lowest BCUT2D eigenvalue weighted by Crippen LogP contribution is -2.30. The third-order valence-electron chi connectivity index (χ3n) is 2.01. The average Bonchev–Trinajstić information content (AvgIpc) is 2.71. The van der Waals surface area contributed by atoms with E-state index in [1.54, 1.807) is 12.1 Å². The van der Waals surface area contributed by atoms with Crippen molar-refractivity contribution in [2.24, 2.45) is 5.73 Å². The quantitative estimate of drug-likeness (QED) is 0.452. The molecular formula is C12H16N2O4. The predicted octanol–water partition coefficient (Wildman–Crippen LogP) is 1.20. The molecule has 1 aromatic rings. The molecule has 6 heteroatoms. The van der Waals surface area contributed by atoms with Crippen LogP contribution in [0.15, 0.2) is 22.6 Å². The molecule has 1 aromatic heterocycles. The van der Waals surface area contributed by atoms with Crippen molar-refractivity contribution in [2.75, 3.05) is 13.2 Å². The molecule has 0 saturated heterocycles. The maximum atomic E-state index is 11.3. The molecule has 98 valence electrons. The molecule has 0 saturated carbocycles. The summed E-state index contributed by atoms with van der Waals surface area (Å²) >= 11 is 0. The van der Waals surface area contributed by atoms with Gasteiger partial charge in [-0.3, -0.25) is 0 Å². The van der Waals surface area contributed by atoms with E-state index in [4.69, 9.17) is 14.9 Å². The number of hydrogen-bond acceptors (Lipinski definition) is 4. The summed E-state index contributed by atoms with van der Waals surface area (Å²) in [7, 11) is 0. The van der Waals surface area contributed by atoms with Gasteiger partial charge in [0.1, 0.15) is 11.5 Å². The Labute approximate surface area is 105 Å². The lowest BCUT2D eigenvalue weighted by molar-refractivity contribution is -0.137. The third kappa shape index (κ3) is 5.74. The molecule has 0 bridgehead atoms. The summed E-state index contributed by atoms with van der Waals surface area (Å²) < 4.78 is 10.1. The molecule has 1 heterocycles. The number of esters is 1. The molecule has 0 aliphatic heterocycles. The molecular weight excluding hydrogens is 236 g/mol. The first-order valence-corrected chi connectivity index (χ1v) is 5.52. The zero-order valence-electron chi connectivity index (χ0n) is 10.1. The number of amides is 2. The molecule has 6 nitrogen and oxygen atoms in total. The smallest absolute Gasteiger partial charge is 0.330 e. The first-order valence-electron chi connectivity index (χ1n) is 5.52. The first kappa shape index (κ1) is 13.8. The van der Waals surface area contributed by atoms with Crippen LogP contribution in [0, 0.1) is 6.92 Å². The number of furan rings is 1. The molecule has 0 spiro atoms. The summed E-state index contributed by atoms with van der Waals surface area (Å²) in [6.45, 7) is 2.42. The summed E-state index contributed by atoms with van der Waals surface area (Å²) in [5, 5.41) is 2.39. The number of ether oxygens (including phenoxy) is 1. The molecule has 0 aromatic carbocycles. The summed E-state index contributed by atoms with van der Waals surface area (Å²) in [6.07, 6.45) is 3.35. The minimum Gasteiger partial charge on any atom is -0.462 e. The number of urea groups is 1. The van der Waals surface area contributed by atoms with Crippen molar-refractivity contribution in [3.8, 4) is 0 Å². The Morgan fingerprint density at radius 3 is 2.89 bits per heavy atom. The molecule has 0 fully saturated rings. The number of hydrogen-bond donors (Lipinski definition) is 2. The number of carbonyl (C=O) groups is 2. The normalized spacial score (nSPS) is 10.5. The lowest BCUT2D eigenvalue weighted by atomic mass is 10.4. The van der Waals surface area contributed by atoms with Crippen molar-refractivity contribution in [2.45, 2.75) is 13.3 Å². The Balaban J connectivity index is 2.17. The van der Waals surface area contributed by atoms with E-state index >= 15 is 0 Å². The van der Waals surface area contributed by atoms with Crippen molar-refractivity contribution in [1.29, 1.82) is 0 Å². The van der Waals surface area contributed by atoms with Crippen molar-refractivity contribution < 1.29 is 18.7 Å². The zero-order chi connectivity index (χ0) is 13.4. The monoisotopic (exact) mass is 252 g/mol. The molecule has 1 rings (SSSR count). The van der Waals surface area contributed by atoms with Gasteiger partial charge in [-0.1, -0.05) is 0 Å². The fourth-order valence-corrected chi connectivity index (χ4v) is 1.20. The fraction of sp³-hybridized carbons (Fsp3) is 0.333. The fourth-order valence-electron chi connectivity index (χ4n) is 1.20. The van der Waals surface area contributed by atoms with Gasteiger partial charge in [-0.25, -0.2) is 9.59 Å². The van der Waals surface area contributed by atoms with Crippen LogP contribution in [-0.4, -0.2) is 25.2 Å². The SMILES string of the molecule is Cc1ccc(/C=C/C(=O)OCCCNC(N)=O)o1. The first-order chi connectivity index (χ1) is 8.58. The van der Waals surface area contributed by atoms with Crippen LogP contribution in [0.1, 0.15) is 17.9 Å². The van der Waals surface area contributed by atoms with Gasteiger partial charge in [0.05, 0.1) is 6.61 Å². The Bertz CT molecular complexity index is 437. The predicted molar refractivity (Wildman–Crippen MR) is 65.6 cm³/mol. The van der Waals surface area contributed by atoms with Crippen molar-refractivity contribution in [3.05, 3.63) is 29.7 Å². The van der Waals surface area contributed by atoms with Crippen LogP contribution in [0.25, 0.3) is 6.08 Å². The van der Waals surface area contributed by atoms with E-state index in [1.165, 1.54) is 12.2 Å². The van der Waals surface area contributed by atoms with Gasteiger partial charge in [0.25, 0.3) is 0 Å². The molecule has 0 atom stereocenters. The van der Waals surface area contributed by atoms with Crippen molar-refractivity contribution in [1.82, 2.24) is 5.32 Å². The van der Waals surface area contributed by atoms with E-state index in [2.05, 4.69) is 5.32 Å². The van der Waals surface area contributed by atoms with Gasteiger partial charge in [0.15, 0.2) is 0 Å². The Hall–Kier alpha value is -2.24. The van der Waals surface area contributed by atoms with E-state index in [-0.39, 0.29) is 6.61 Å². The third-order valence-corrected chi connectivity index (χ3v) is 2.01. The van der Waals surface area contributed by atoms with Crippen molar-refractivity contribution >= 4 is 18.1 Å². The van der Waals surface area contributed by atoms with Gasteiger partial charge < -0.3 is 20.2 Å². The minimum absolute atomic E-state index is 0.223. The second kappa shape index (κ2) is 7.16. The number of aryl methyl sites for hydroxylation is 1. The van der Waals surface area contributed by atoms with Gasteiger partial charge in [-0.2, -0.15) is 0 Å². The summed E-state index contributed by atoms with van der Waals surface area (Å²) in [4.78, 5) is 21.6. The number of rotatable bonds is 6. The van der Waals surface area contributed by atoms with Gasteiger partial charge in [-0.05, 0) is 31.6 Å². The van der Waals surface area contributed by atoms with E-state index in [1.807, 2.05) is 6.92 Å². The largest absolute Gasteiger partial charge is 0.462 e. The minimum atomic E-state index is -0.589. The van der Waals surface area contributed by atoms with Crippen LogP contribution in [-0.2, 0) is 9.53 Å². The van der Waals surface area contributed by atoms with Crippen LogP contribution in [0.2, 0.25) is 0 Å². The zero-order valence-corrected chi connectivity index (χ0v) is 10.1. The van der Waals surface area contributed by atoms with E-state index in [0.29, 0.717) is 18.7 Å². The Morgan fingerprint density at radius 2 is 2.28 bits per heavy atom. The molecule has 0 aliphatic carbocycles.